The molecule has 0 saturated carbocycles. The molecule has 6 heteroatoms. The zero-order valence-electron chi connectivity index (χ0n) is 7.45. The topological polar surface area (TPSA) is 17.1 Å². The molecule has 1 nitrogen and oxygen atoms in total. The van der Waals surface area contributed by atoms with Crippen molar-refractivity contribution in [2.75, 3.05) is 0 Å². The number of benzene rings is 1. The Labute approximate surface area is 103 Å². The molecule has 0 spiro atoms. The molecule has 1 aromatic carbocycles. The van der Waals surface area contributed by atoms with Gasteiger partial charge in [-0.15, -0.1) is 0 Å². The van der Waals surface area contributed by atoms with Gasteiger partial charge in [0, 0.05) is 9.13 Å². The average Bonchev–Trinajstić information content (AvgIpc) is 2.00. The third-order valence-electron chi connectivity index (χ3n) is 1.74. The quantitative estimate of drug-likeness (QED) is 0.550. The van der Waals surface area contributed by atoms with Crippen molar-refractivity contribution >= 4 is 40.0 Å². The van der Waals surface area contributed by atoms with Crippen LogP contribution in [-0.4, -0.2) is 5.78 Å². The second-order valence-electron chi connectivity index (χ2n) is 2.87. The van der Waals surface area contributed by atoms with Gasteiger partial charge < -0.3 is 0 Å². The first-order chi connectivity index (χ1) is 6.73. The third kappa shape index (κ3) is 2.84. The van der Waals surface area contributed by atoms with Crippen LogP contribution in [0.1, 0.15) is 22.8 Å². The van der Waals surface area contributed by atoms with Crippen LogP contribution in [0.25, 0.3) is 0 Å². The number of rotatable bonds is 1. The van der Waals surface area contributed by atoms with Crippen LogP contribution in [0.4, 0.5) is 13.2 Å². The SMILES string of the molecule is CC(=O)c1cc(C(F)(F)F)c(I)cc1Cl. The molecule has 1 aromatic rings. The predicted octanol–water partition coefficient (Wildman–Crippen LogP) is 4.17. The minimum absolute atomic E-state index is 0.0184. The Morgan fingerprint density at radius 1 is 1.40 bits per heavy atom. The Morgan fingerprint density at radius 2 is 1.93 bits per heavy atom. The summed E-state index contributed by atoms with van der Waals surface area (Å²) >= 11 is 7.19. The summed E-state index contributed by atoms with van der Waals surface area (Å²) in [5, 5.41) is 0.0416. The van der Waals surface area contributed by atoms with E-state index in [1.165, 1.54) is 29.5 Å². The van der Waals surface area contributed by atoms with Crippen LogP contribution in [0.5, 0.6) is 0 Å². The highest BCUT2D eigenvalue weighted by molar-refractivity contribution is 14.1. The molecule has 0 heterocycles. The monoisotopic (exact) mass is 348 g/mol. The van der Waals surface area contributed by atoms with Crippen molar-refractivity contribution in [2.24, 2.45) is 0 Å². The molecule has 1 rings (SSSR count). The number of carbonyl (C=O) groups excluding carboxylic acids is 1. The van der Waals surface area contributed by atoms with Crippen LogP contribution in [-0.2, 0) is 6.18 Å². The maximum atomic E-state index is 12.5. The van der Waals surface area contributed by atoms with Gasteiger partial charge in [-0.3, -0.25) is 4.79 Å². The molecule has 0 aliphatic heterocycles. The zero-order chi connectivity index (χ0) is 11.8. The Balaban J connectivity index is 3.43. The van der Waals surface area contributed by atoms with Crippen molar-refractivity contribution in [2.45, 2.75) is 13.1 Å². The molecule has 0 saturated heterocycles. The van der Waals surface area contributed by atoms with Gasteiger partial charge in [0.15, 0.2) is 5.78 Å². The molecule has 15 heavy (non-hydrogen) atoms. The van der Waals surface area contributed by atoms with Gasteiger partial charge >= 0.3 is 6.18 Å². The van der Waals surface area contributed by atoms with Gasteiger partial charge in [-0.2, -0.15) is 13.2 Å². The highest BCUT2D eigenvalue weighted by Gasteiger charge is 2.34. The normalized spacial score (nSPS) is 11.6. The molecule has 0 aliphatic carbocycles. The fourth-order valence-corrected chi connectivity index (χ4v) is 2.29. The Hall–Kier alpha value is -0.300. The number of carbonyl (C=O) groups is 1. The summed E-state index contributed by atoms with van der Waals surface area (Å²) < 4.78 is 37.4. The lowest BCUT2D eigenvalue weighted by molar-refractivity contribution is -0.138. The van der Waals surface area contributed by atoms with E-state index in [-0.39, 0.29) is 14.2 Å². The van der Waals surface area contributed by atoms with E-state index in [1.54, 1.807) is 0 Å². The maximum Gasteiger partial charge on any atom is 0.417 e. The lowest BCUT2D eigenvalue weighted by atomic mass is 10.1. The third-order valence-corrected chi connectivity index (χ3v) is 2.95. The van der Waals surface area contributed by atoms with Crippen LogP contribution >= 0.6 is 34.2 Å². The van der Waals surface area contributed by atoms with Crippen molar-refractivity contribution in [1.82, 2.24) is 0 Å². The van der Waals surface area contributed by atoms with Crippen LogP contribution in [0, 0.1) is 3.57 Å². The first-order valence-electron chi connectivity index (χ1n) is 3.80. The molecule has 0 N–H and O–H groups in total. The van der Waals surface area contributed by atoms with Gasteiger partial charge in [-0.25, -0.2) is 0 Å². The minimum atomic E-state index is -4.47. The van der Waals surface area contributed by atoms with E-state index in [0.717, 1.165) is 12.1 Å². The van der Waals surface area contributed by atoms with E-state index in [1.807, 2.05) is 0 Å². The summed E-state index contributed by atoms with van der Waals surface area (Å²) in [6, 6.07) is 1.92. The van der Waals surface area contributed by atoms with Crippen molar-refractivity contribution in [1.29, 1.82) is 0 Å². The number of hydrogen-bond acceptors (Lipinski definition) is 1. The van der Waals surface area contributed by atoms with Gasteiger partial charge in [0.05, 0.1) is 10.6 Å². The largest absolute Gasteiger partial charge is 0.417 e. The summed E-state index contributed by atoms with van der Waals surface area (Å²) in [6.07, 6.45) is -4.47. The maximum absolute atomic E-state index is 12.5. The fraction of sp³-hybridized carbons (Fsp3) is 0.222. The number of ketones is 1. The summed E-state index contributed by atoms with van der Waals surface area (Å²) in [5.41, 5.74) is -0.942. The second-order valence-corrected chi connectivity index (χ2v) is 4.44. The summed E-state index contributed by atoms with van der Waals surface area (Å²) in [6.45, 7) is 1.17. The van der Waals surface area contributed by atoms with E-state index < -0.39 is 17.5 Å². The van der Waals surface area contributed by atoms with Crippen LogP contribution in [0.3, 0.4) is 0 Å². The molecular weight excluding hydrogens is 343 g/mol. The minimum Gasteiger partial charge on any atom is -0.294 e. The first-order valence-corrected chi connectivity index (χ1v) is 5.26. The average molecular weight is 348 g/mol. The van der Waals surface area contributed by atoms with E-state index in [4.69, 9.17) is 11.6 Å². The number of hydrogen-bond donors (Lipinski definition) is 0. The summed E-state index contributed by atoms with van der Waals surface area (Å²) in [4.78, 5) is 11.0. The van der Waals surface area contributed by atoms with Crippen LogP contribution in [0.15, 0.2) is 12.1 Å². The van der Waals surface area contributed by atoms with Crippen molar-refractivity contribution in [3.63, 3.8) is 0 Å². The van der Waals surface area contributed by atoms with Crippen molar-refractivity contribution in [3.8, 4) is 0 Å². The second kappa shape index (κ2) is 4.29. The van der Waals surface area contributed by atoms with Crippen LogP contribution < -0.4 is 0 Å². The number of halogens is 5. The van der Waals surface area contributed by atoms with E-state index in [2.05, 4.69) is 0 Å². The molecule has 0 aliphatic rings. The van der Waals surface area contributed by atoms with Gasteiger partial charge in [0.25, 0.3) is 0 Å². The highest BCUT2D eigenvalue weighted by atomic mass is 127. The van der Waals surface area contributed by atoms with Gasteiger partial charge in [-0.05, 0) is 41.6 Å². The van der Waals surface area contributed by atoms with Crippen molar-refractivity contribution in [3.05, 3.63) is 31.9 Å². The van der Waals surface area contributed by atoms with E-state index >= 15 is 0 Å². The molecule has 0 fully saturated rings. The predicted molar refractivity (Wildman–Crippen MR) is 59.2 cm³/mol. The summed E-state index contributed by atoms with van der Waals surface area (Å²) in [5.74, 6) is -0.484. The molecule has 0 atom stereocenters. The summed E-state index contributed by atoms with van der Waals surface area (Å²) in [7, 11) is 0. The smallest absolute Gasteiger partial charge is 0.294 e. The standard InChI is InChI=1S/C9H5ClF3IO/c1-4(15)5-2-6(9(11,12)13)8(14)3-7(5)10/h2-3H,1H3. The molecular formula is C9H5ClF3IO. The highest BCUT2D eigenvalue weighted by Crippen LogP contribution is 2.35. The van der Waals surface area contributed by atoms with Crippen molar-refractivity contribution < 1.29 is 18.0 Å². The van der Waals surface area contributed by atoms with Gasteiger partial charge in [0.1, 0.15) is 0 Å². The fourth-order valence-electron chi connectivity index (χ4n) is 1.04. The van der Waals surface area contributed by atoms with Gasteiger partial charge in [-0.1, -0.05) is 11.6 Å². The molecule has 0 amide bonds. The number of alkyl halides is 3. The molecule has 0 bridgehead atoms. The first kappa shape index (κ1) is 12.8. The zero-order valence-corrected chi connectivity index (χ0v) is 10.4. The Kier molecular flexibility index (Phi) is 3.65. The van der Waals surface area contributed by atoms with Gasteiger partial charge in [0.2, 0.25) is 0 Å². The Bertz CT molecular complexity index is 415. The van der Waals surface area contributed by atoms with Crippen LogP contribution in [0.2, 0.25) is 5.02 Å². The number of Topliss-reactive ketones (excluding diaryl/α,β-unsaturated/α-hetero) is 1. The molecule has 0 unspecified atom stereocenters. The lowest BCUT2D eigenvalue weighted by Gasteiger charge is -2.11. The molecule has 0 aromatic heterocycles. The van der Waals surface area contributed by atoms with E-state index in [9.17, 15) is 18.0 Å². The molecule has 82 valence electrons. The lowest BCUT2D eigenvalue weighted by Crippen LogP contribution is -2.09. The van der Waals surface area contributed by atoms with E-state index in [0.29, 0.717) is 0 Å². The molecule has 0 radical (unpaired) electrons. The Morgan fingerprint density at radius 3 is 2.33 bits per heavy atom.